The molecule has 0 bridgehead atoms. The van der Waals surface area contributed by atoms with Crippen molar-refractivity contribution in [3.63, 3.8) is 0 Å². The number of thioether (sulfide) groups is 1. The molecule has 2 rings (SSSR count). The third-order valence-electron chi connectivity index (χ3n) is 3.03. The first kappa shape index (κ1) is 16.0. The van der Waals surface area contributed by atoms with Gasteiger partial charge >= 0.3 is 0 Å². The van der Waals surface area contributed by atoms with Gasteiger partial charge in [0.1, 0.15) is 0 Å². The molecule has 1 N–H and O–H groups in total. The molecule has 0 fully saturated rings. The summed E-state index contributed by atoms with van der Waals surface area (Å²) in [6.07, 6.45) is 4.06. The van der Waals surface area contributed by atoms with E-state index in [9.17, 15) is 14.9 Å². The van der Waals surface area contributed by atoms with Crippen molar-refractivity contribution in [3.05, 3.63) is 64.0 Å². The average Bonchev–Trinajstić information content (AvgIpc) is 2.55. The van der Waals surface area contributed by atoms with Crippen molar-refractivity contribution >= 4 is 23.4 Å². The highest BCUT2D eigenvalue weighted by Gasteiger charge is 2.16. The largest absolute Gasteiger partial charge is 0.352 e. The van der Waals surface area contributed by atoms with Crippen LogP contribution in [0.5, 0.6) is 0 Å². The Morgan fingerprint density at radius 2 is 2.18 bits per heavy atom. The van der Waals surface area contributed by atoms with Crippen molar-refractivity contribution in [2.75, 3.05) is 12.8 Å². The van der Waals surface area contributed by atoms with Crippen LogP contribution in [0.4, 0.5) is 5.69 Å². The lowest BCUT2D eigenvalue weighted by Crippen LogP contribution is -2.26. The summed E-state index contributed by atoms with van der Waals surface area (Å²) in [5.74, 6) is -0.327. The highest BCUT2D eigenvalue weighted by atomic mass is 32.2. The summed E-state index contributed by atoms with van der Waals surface area (Å²) in [5.41, 5.74) is 1.11. The average molecular weight is 317 g/mol. The number of amides is 1. The molecule has 0 aliphatic carbocycles. The Labute approximate surface area is 132 Å². The van der Waals surface area contributed by atoms with E-state index in [-0.39, 0.29) is 17.2 Å². The Kier molecular flexibility index (Phi) is 5.48. The molecule has 114 valence electrons. The number of nitro groups is 1. The van der Waals surface area contributed by atoms with Crippen LogP contribution in [0.15, 0.2) is 47.5 Å². The predicted molar refractivity (Wildman–Crippen MR) is 85.2 cm³/mol. The van der Waals surface area contributed by atoms with Crippen LogP contribution in [0, 0.1) is 10.1 Å². The van der Waals surface area contributed by atoms with Crippen LogP contribution in [-0.4, -0.2) is 28.6 Å². The first-order valence-electron chi connectivity index (χ1n) is 6.62. The van der Waals surface area contributed by atoms with Gasteiger partial charge in [0.15, 0.2) is 0 Å². The summed E-state index contributed by atoms with van der Waals surface area (Å²) in [7, 11) is 0. The van der Waals surface area contributed by atoms with E-state index in [4.69, 9.17) is 0 Å². The minimum atomic E-state index is -0.476. The minimum Gasteiger partial charge on any atom is -0.352 e. The zero-order valence-electron chi connectivity index (χ0n) is 12.0. The maximum absolute atomic E-state index is 12.0. The van der Waals surface area contributed by atoms with Gasteiger partial charge in [-0.1, -0.05) is 6.07 Å². The molecule has 22 heavy (non-hydrogen) atoms. The fraction of sp³-hybridized carbons (Fsp3) is 0.200. The van der Waals surface area contributed by atoms with Gasteiger partial charge in [-0.05, 0) is 30.5 Å². The number of carbonyl (C=O) groups is 1. The second kappa shape index (κ2) is 7.56. The number of nitro benzene ring substituents is 1. The first-order chi connectivity index (χ1) is 10.6. The lowest BCUT2D eigenvalue weighted by molar-refractivity contribution is -0.387. The number of pyridine rings is 1. The van der Waals surface area contributed by atoms with E-state index in [2.05, 4.69) is 10.3 Å². The van der Waals surface area contributed by atoms with Gasteiger partial charge in [0.05, 0.1) is 9.82 Å². The molecule has 0 radical (unpaired) electrons. The number of nitrogens with one attached hydrogen (secondary N) is 1. The quantitative estimate of drug-likeness (QED) is 0.503. The van der Waals surface area contributed by atoms with Gasteiger partial charge in [-0.15, -0.1) is 11.8 Å². The Hall–Kier alpha value is -2.41. The second-order valence-electron chi connectivity index (χ2n) is 4.47. The van der Waals surface area contributed by atoms with Gasteiger partial charge in [0.25, 0.3) is 11.6 Å². The smallest absolute Gasteiger partial charge is 0.283 e. The van der Waals surface area contributed by atoms with Crippen LogP contribution < -0.4 is 5.32 Å². The molecule has 0 unspecified atom stereocenters. The molecule has 1 aromatic heterocycles. The van der Waals surface area contributed by atoms with E-state index in [1.54, 1.807) is 24.6 Å². The standard InChI is InChI=1S/C15H15N3O3S/c1-22-14-6-5-11(10-13(14)18(20)21)15(19)17-9-7-12-4-2-3-8-16-12/h2-6,8,10H,7,9H2,1H3,(H,17,19). The van der Waals surface area contributed by atoms with Crippen LogP contribution in [0.3, 0.4) is 0 Å². The monoisotopic (exact) mass is 317 g/mol. The summed E-state index contributed by atoms with van der Waals surface area (Å²) >= 11 is 1.28. The molecule has 1 heterocycles. The highest BCUT2D eigenvalue weighted by Crippen LogP contribution is 2.28. The summed E-state index contributed by atoms with van der Waals surface area (Å²) in [5, 5.41) is 13.7. The van der Waals surface area contributed by atoms with E-state index >= 15 is 0 Å². The highest BCUT2D eigenvalue weighted by molar-refractivity contribution is 7.98. The van der Waals surface area contributed by atoms with Gasteiger partial charge in [-0.3, -0.25) is 19.9 Å². The summed E-state index contributed by atoms with van der Waals surface area (Å²) in [4.78, 5) is 27.3. The van der Waals surface area contributed by atoms with Gasteiger partial charge in [0.2, 0.25) is 0 Å². The number of hydrogen-bond acceptors (Lipinski definition) is 5. The SMILES string of the molecule is CSc1ccc(C(=O)NCCc2ccccn2)cc1[N+](=O)[O-]. The zero-order valence-corrected chi connectivity index (χ0v) is 12.8. The lowest BCUT2D eigenvalue weighted by Gasteiger charge is -2.06. The van der Waals surface area contributed by atoms with Crippen molar-refractivity contribution in [2.24, 2.45) is 0 Å². The summed E-state index contributed by atoms with van der Waals surface area (Å²) in [6.45, 7) is 0.425. The first-order valence-corrected chi connectivity index (χ1v) is 7.85. The number of rotatable bonds is 6. The molecule has 2 aromatic rings. The molecule has 0 aliphatic rings. The molecule has 1 aromatic carbocycles. The molecule has 0 aliphatic heterocycles. The van der Waals surface area contributed by atoms with Crippen LogP contribution in [0.2, 0.25) is 0 Å². The Morgan fingerprint density at radius 1 is 1.36 bits per heavy atom. The van der Waals surface area contributed by atoms with Gasteiger partial charge < -0.3 is 5.32 Å². The molecule has 0 saturated heterocycles. The molecular weight excluding hydrogens is 302 g/mol. The molecule has 0 spiro atoms. The Balaban J connectivity index is 2.00. The van der Waals surface area contributed by atoms with E-state index < -0.39 is 4.92 Å². The van der Waals surface area contributed by atoms with Gasteiger partial charge in [0, 0.05) is 36.5 Å². The number of hydrogen-bond donors (Lipinski definition) is 1. The minimum absolute atomic E-state index is 0.0510. The molecule has 0 atom stereocenters. The molecule has 1 amide bonds. The fourth-order valence-corrected chi connectivity index (χ4v) is 2.47. The predicted octanol–water partition coefficient (Wildman–Crippen LogP) is 2.68. The van der Waals surface area contributed by atoms with Crippen molar-refractivity contribution in [1.82, 2.24) is 10.3 Å². The van der Waals surface area contributed by atoms with Crippen molar-refractivity contribution in [2.45, 2.75) is 11.3 Å². The number of aromatic nitrogens is 1. The van der Waals surface area contributed by atoms with Crippen molar-refractivity contribution < 1.29 is 9.72 Å². The van der Waals surface area contributed by atoms with E-state index in [1.807, 2.05) is 18.2 Å². The fourth-order valence-electron chi connectivity index (χ4n) is 1.93. The maximum Gasteiger partial charge on any atom is 0.283 e. The van der Waals surface area contributed by atoms with Crippen molar-refractivity contribution in [1.29, 1.82) is 0 Å². The maximum atomic E-state index is 12.0. The van der Waals surface area contributed by atoms with Crippen LogP contribution in [0.25, 0.3) is 0 Å². The van der Waals surface area contributed by atoms with Crippen LogP contribution in [-0.2, 0) is 6.42 Å². The van der Waals surface area contributed by atoms with Gasteiger partial charge in [-0.2, -0.15) is 0 Å². The number of nitrogens with zero attached hydrogens (tertiary/aromatic N) is 2. The number of benzene rings is 1. The normalized spacial score (nSPS) is 10.2. The Morgan fingerprint density at radius 3 is 2.82 bits per heavy atom. The van der Waals surface area contributed by atoms with Gasteiger partial charge in [-0.25, -0.2) is 0 Å². The Bertz CT molecular complexity index is 677. The third kappa shape index (κ3) is 4.05. The summed E-state index contributed by atoms with van der Waals surface area (Å²) in [6, 6.07) is 10.1. The third-order valence-corrected chi connectivity index (χ3v) is 3.82. The van der Waals surface area contributed by atoms with Crippen LogP contribution >= 0.6 is 11.8 Å². The summed E-state index contributed by atoms with van der Waals surface area (Å²) < 4.78 is 0. The number of carbonyl (C=O) groups excluding carboxylic acids is 1. The van der Waals surface area contributed by atoms with E-state index in [1.165, 1.54) is 17.8 Å². The topological polar surface area (TPSA) is 85.1 Å². The van der Waals surface area contributed by atoms with Crippen LogP contribution in [0.1, 0.15) is 16.1 Å². The molecule has 7 heteroatoms. The second-order valence-corrected chi connectivity index (χ2v) is 5.32. The lowest BCUT2D eigenvalue weighted by atomic mass is 10.2. The molecule has 6 nitrogen and oxygen atoms in total. The zero-order chi connectivity index (χ0) is 15.9. The van der Waals surface area contributed by atoms with E-state index in [0.29, 0.717) is 17.9 Å². The molecule has 0 saturated carbocycles. The molecular formula is C15H15N3O3S. The van der Waals surface area contributed by atoms with E-state index in [0.717, 1.165) is 5.69 Å². The van der Waals surface area contributed by atoms with Crippen molar-refractivity contribution in [3.8, 4) is 0 Å².